The molecule has 0 bridgehead atoms. The molecule has 0 fully saturated rings. The average Bonchev–Trinajstić information content (AvgIpc) is 2.59. The Balaban J connectivity index is 2.13. The molecule has 0 aliphatic heterocycles. The van der Waals surface area contributed by atoms with Crippen LogP contribution in [0.1, 0.15) is 11.3 Å². The number of nitrogens with zero attached hydrogens (tertiary/aromatic N) is 3. The smallest absolute Gasteiger partial charge is 0.292 e. The first-order valence-electron chi connectivity index (χ1n) is 6.65. The number of hydrogen-bond acceptors (Lipinski definition) is 5. The highest BCUT2D eigenvalue weighted by atomic mass is 16.1. The predicted octanol–water partition coefficient (Wildman–Crippen LogP) is 1.54. The molecule has 3 N–H and O–H groups in total. The van der Waals surface area contributed by atoms with Crippen molar-refractivity contribution in [3.63, 3.8) is 0 Å². The SMILES string of the molecule is N/N=C(/c1ccccc1)c1nc(-c2ccccc2)n[nH]c1=O. The van der Waals surface area contributed by atoms with Crippen LogP contribution >= 0.6 is 0 Å². The molecule has 0 saturated heterocycles. The second-order valence-corrected chi connectivity index (χ2v) is 4.55. The molecule has 1 heterocycles. The number of hydrazone groups is 1. The molecule has 0 unspecified atom stereocenters. The highest BCUT2D eigenvalue weighted by molar-refractivity contribution is 6.11. The van der Waals surface area contributed by atoms with Gasteiger partial charge < -0.3 is 5.84 Å². The third-order valence-corrected chi connectivity index (χ3v) is 3.13. The van der Waals surface area contributed by atoms with E-state index < -0.39 is 5.56 Å². The molecule has 6 nitrogen and oxygen atoms in total. The molecule has 2 aromatic carbocycles. The highest BCUT2D eigenvalue weighted by Gasteiger charge is 2.15. The van der Waals surface area contributed by atoms with Gasteiger partial charge in [0.1, 0.15) is 5.71 Å². The summed E-state index contributed by atoms with van der Waals surface area (Å²) in [6, 6.07) is 18.5. The van der Waals surface area contributed by atoms with Gasteiger partial charge in [0.25, 0.3) is 5.56 Å². The summed E-state index contributed by atoms with van der Waals surface area (Å²) in [5.74, 6) is 5.88. The average molecular weight is 291 g/mol. The van der Waals surface area contributed by atoms with Crippen LogP contribution in [0.4, 0.5) is 0 Å². The van der Waals surface area contributed by atoms with Crippen LogP contribution in [0, 0.1) is 0 Å². The minimum atomic E-state index is -0.437. The number of aromatic nitrogens is 3. The Morgan fingerprint density at radius 2 is 1.64 bits per heavy atom. The Bertz CT molecular complexity index is 856. The van der Waals surface area contributed by atoms with Crippen LogP contribution in [0.3, 0.4) is 0 Å². The fourth-order valence-corrected chi connectivity index (χ4v) is 2.08. The Morgan fingerprint density at radius 3 is 2.27 bits per heavy atom. The lowest BCUT2D eigenvalue weighted by Gasteiger charge is -2.05. The molecule has 0 spiro atoms. The molecule has 1 aromatic heterocycles. The number of rotatable bonds is 3. The lowest BCUT2D eigenvalue weighted by molar-refractivity contribution is 0.931. The second kappa shape index (κ2) is 6.01. The molecule has 22 heavy (non-hydrogen) atoms. The van der Waals surface area contributed by atoms with E-state index in [2.05, 4.69) is 20.3 Å². The lowest BCUT2D eigenvalue weighted by atomic mass is 10.1. The highest BCUT2D eigenvalue weighted by Crippen LogP contribution is 2.13. The van der Waals surface area contributed by atoms with E-state index in [4.69, 9.17) is 5.84 Å². The summed E-state index contributed by atoms with van der Waals surface area (Å²) >= 11 is 0. The Hall–Kier alpha value is -3.28. The zero-order valence-corrected chi connectivity index (χ0v) is 11.6. The molecule has 0 aliphatic carbocycles. The normalized spacial score (nSPS) is 11.4. The van der Waals surface area contributed by atoms with Gasteiger partial charge >= 0.3 is 0 Å². The molecule has 6 heteroatoms. The summed E-state index contributed by atoms with van der Waals surface area (Å²) in [7, 11) is 0. The summed E-state index contributed by atoms with van der Waals surface area (Å²) in [5.41, 5.74) is 1.54. The Morgan fingerprint density at radius 1 is 1.00 bits per heavy atom. The molecule has 3 rings (SSSR count). The molecule has 0 radical (unpaired) electrons. The van der Waals surface area contributed by atoms with Crippen molar-refractivity contribution in [3.8, 4) is 11.4 Å². The first-order valence-corrected chi connectivity index (χ1v) is 6.65. The number of nitrogens with one attached hydrogen (secondary N) is 1. The predicted molar refractivity (Wildman–Crippen MR) is 84.4 cm³/mol. The van der Waals surface area contributed by atoms with Crippen LogP contribution in [-0.2, 0) is 0 Å². The first kappa shape index (κ1) is 13.7. The second-order valence-electron chi connectivity index (χ2n) is 4.55. The zero-order valence-electron chi connectivity index (χ0n) is 11.6. The van der Waals surface area contributed by atoms with Crippen molar-refractivity contribution < 1.29 is 0 Å². The van der Waals surface area contributed by atoms with Crippen LogP contribution in [0.15, 0.2) is 70.6 Å². The third-order valence-electron chi connectivity index (χ3n) is 3.13. The van der Waals surface area contributed by atoms with Gasteiger partial charge in [0.05, 0.1) is 0 Å². The quantitative estimate of drug-likeness (QED) is 0.434. The van der Waals surface area contributed by atoms with Gasteiger partial charge in [-0.25, -0.2) is 10.1 Å². The van der Waals surface area contributed by atoms with Gasteiger partial charge in [-0.1, -0.05) is 60.7 Å². The van der Waals surface area contributed by atoms with Crippen LogP contribution in [-0.4, -0.2) is 20.9 Å². The molecular formula is C16H13N5O. The molecule has 0 amide bonds. The molecule has 108 valence electrons. The van der Waals surface area contributed by atoms with E-state index >= 15 is 0 Å². The van der Waals surface area contributed by atoms with Crippen LogP contribution < -0.4 is 11.4 Å². The molecular weight excluding hydrogens is 278 g/mol. The van der Waals surface area contributed by atoms with Crippen molar-refractivity contribution in [2.45, 2.75) is 0 Å². The number of nitrogens with two attached hydrogens (primary N) is 1. The maximum absolute atomic E-state index is 12.1. The summed E-state index contributed by atoms with van der Waals surface area (Å²) in [6.07, 6.45) is 0. The van der Waals surface area contributed by atoms with Gasteiger partial charge in [-0.15, -0.1) is 0 Å². The standard InChI is InChI=1S/C16H13N5O/c17-19-13(11-7-3-1-4-8-11)14-16(22)21-20-15(18-14)12-9-5-2-6-10-12/h1-10H,17H2,(H,21,22)/b19-13-. The minimum absolute atomic E-state index is 0.141. The summed E-state index contributed by atoms with van der Waals surface area (Å²) in [4.78, 5) is 16.4. The van der Waals surface area contributed by atoms with E-state index in [9.17, 15) is 4.79 Å². The van der Waals surface area contributed by atoms with E-state index in [0.717, 1.165) is 5.56 Å². The van der Waals surface area contributed by atoms with Crippen molar-refractivity contribution in [2.24, 2.45) is 10.9 Å². The van der Waals surface area contributed by atoms with Gasteiger partial charge in [-0.05, 0) is 0 Å². The van der Waals surface area contributed by atoms with E-state index in [1.54, 1.807) is 0 Å². The molecule has 0 saturated carbocycles. The van der Waals surface area contributed by atoms with Crippen molar-refractivity contribution in [2.75, 3.05) is 0 Å². The van der Waals surface area contributed by atoms with Gasteiger partial charge in [0, 0.05) is 11.1 Å². The van der Waals surface area contributed by atoms with Crippen molar-refractivity contribution >= 4 is 5.71 Å². The summed E-state index contributed by atoms with van der Waals surface area (Å²) in [6.45, 7) is 0. The van der Waals surface area contributed by atoms with Crippen molar-refractivity contribution in [1.82, 2.24) is 15.2 Å². The van der Waals surface area contributed by atoms with Crippen LogP contribution in [0.5, 0.6) is 0 Å². The number of hydrogen-bond donors (Lipinski definition) is 2. The fourth-order valence-electron chi connectivity index (χ4n) is 2.08. The summed E-state index contributed by atoms with van der Waals surface area (Å²) < 4.78 is 0. The molecule has 0 aliphatic rings. The number of aromatic amines is 1. The monoisotopic (exact) mass is 291 g/mol. The molecule has 3 aromatic rings. The third kappa shape index (κ3) is 2.62. The topological polar surface area (TPSA) is 97.0 Å². The lowest BCUT2D eigenvalue weighted by Crippen LogP contribution is -2.24. The van der Waals surface area contributed by atoms with Gasteiger partial charge in [0.2, 0.25) is 0 Å². The van der Waals surface area contributed by atoms with E-state index in [-0.39, 0.29) is 5.69 Å². The van der Waals surface area contributed by atoms with Crippen LogP contribution in [0.25, 0.3) is 11.4 Å². The number of benzene rings is 2. The molecule has 0 atom stereocenters. The zero-order chi connectivity index (χ0) is 15.4. The van der Waals surface area contributed by atoms with Gasteiger partial charge in [-0.2, -0.15) is 10.2 Å². The van der Waals surface area contributed by atoms with Crippen molar-refractivity contribution in [3.05, 3.63) is 82.3 Å². The maximum Gasteiger partial charge on any atom is 0.292 e. The Labute approximate surface area is 126 Å². The Kier molecular flexibility index (Phi) is 3.74. The van der Waals surface area contributed by atoms with Gasteiger partial charge in [-0.3, -0.25) is 4.79 Å². The van der Waals surface area contributed by atoms with E-state index in [1.807, 2.05) is 60.7 Å². The fraction of sp³-hybridized carbons (Fsp3) is 0. The van der Waals surface area contributed by atoms with E-state index in [1.165, 1.54) is 0 Å². The largest absolute Gasteiger partial charge is 0.323 e. The minimum Gasteiger partial charge on any atom is -0.323 e. The van der Waals surface area contributed by atoms with Gasteiger partial charge in [0.15, 0.2) is 11.5 Å². The summed E-state index contributed by atoms with van der Waals surface area (Å²) in [5, 5.41) is 10.2. The van der Waals surface area contributed by atoms with Crippen molar-refractivity contribution in [1.29, 1.82) is 0 Å². The van der Waals surface area contributed by atoms with Crippen LogP contribution in [0.2, 0.25) is 0 Å². The number of H-pyrrole nitrogens is 1. The van der Waals surface area contributed by atoms with E-state index in [0.29, 0.717) is 17.1 Å². The first-order chi connectivity index (χ1) is 10.8. The maximum atomic E-state index is 12.1.